The molecular weight excluding hydrogens is 436 g/mol. The van der Waals surface area contributed by atoms with Crippen molar-refractivity contribution in [1.82, 2.24) is 9.21 Å². The van der Waals surface area contributed by atoms with Crippen molar-refractivity contribution in [3.05, 3.63) is 27.1 Å². The number of sulfonamides is 1. The van der Waals surface area contributed by atoms with E-state index in [0.717, 1.165) is 0 Å². The Labute approximate surface area is 148 Å². The van der Waals surface area contributed by atoms with Crippen molar-refractivity contribution in [3.8, 4) is 0 Å². The van der Waals surface area contributed by atoms with Crippen LogP contribution in [0.4, 0.5) is 0 Å². The number of nitrogens with zero attached hydrogens (tertiary/aromatic N) is 2. The summed E-state index contributed by atoms with van der Waals surface area (Å²) in [5.74, 6) is -0.0203. The van der Waals surface area contributed by atoms with Gasteiger partial charge in [0.25, 0.3) is 0 Å². The summed E-state index contributed by atoms with van der Waals surface area (Å²) >= 11 is 6.60. The normalized spacial score (nSPS) is 17.5. The molecule has 0 radical (unpaired) electrons. The molecule has 5 nitrogen and oxygen atoms in total. The van der Waals surface area contributed by atoms with E-state index in [2.05, 4.69) is 31.9 Å². The van der Waals surface area contributed by atoms with Crippen LogP contribution in [0.25, 0.3) is 0 Å². The van der Waals surface area contributed by atoms with E-state index in [-0.39, 0.29) is 16.7 Å². The minimum atomic E-state index is -3.55. The fourth-order valence-corrected chi connectivity index (χ4v) is 5.46. The molecule has 1 aliphatic heterocycles. The largest absolute Gasteiger partial charge is 0.349 e. The van der Waals surface area contributed by atoms with Crippen molar-refractivity contribution in [2.75, 3.05) is 27.2 Å². The third-order valence-corrected chi connectivity index (χ3v) is 7.14. The molecule has 0 bridgehead atoms. The van der Waals surface area contributed by atoms with E-state index in [0.29, 0.717) is 34.9 Å². The molecule has 1 aromatic carbocycles. The molecule has 1 saturated heterocycles. The maximum Gasteiger partial charge on any atom is 0.244 e. The highest BCUT2D eigenvalue weighted by atomic mass is 79.9. The Morgan fingerprint density at radius 1 is 1.23 bits per heavy atom. The Kier molecular flexibility index (Phi) is 5.68. The highest BCUT2D eigenvalue weighted by molar-refractivity contribution is 9.11. The maximum absolute atomic E-state index is 12.8. The van der Waals surface area contributed by atoms with Crippen molar-refractivity contribution in [2.45, 2.75) is 17.7 Å². The highest BCUT2D eigenvalue weighted by Gasteiger charge is 2.33. The molecule has 122 valence electrons. The first-order valence-electron chi connectivity index (χ1n) is 6.90. The van der Waals surface area contributed by atoms with E-state index in [4.69, 9.17) is 0 Å². The second-order valence-corrected chi connectivity index (χ2v) is 9.16. The Hall–Kier alpha value is -0.440. The van der Waals surface area contributed by atoms with Crippen LogP contribution in [0.5, 0.6) is 0 Å². The van der Waals surface area contributed by atoms with Crippen LogP contribution in [0, 0.1) is 5.92 Å². The molecule has 0 saturated carbocycles. The Morgan fingerprint density at radius 3 is 2.36 bits per heavy atom. The number of hydrogen-bond acceptors (Lipinski definition) is 3. The molecule has 1 fully saturated rings. The molecule has 1 heterocycles. The fourth-order valence-electron chi connectivity index (χ4n) is 2.52. The molecule has 0 atom stereocenters. The summed E-state index contributed by atoms with van der Waals surface area (Å²) in [6.45, 7) is 0.733. The first kappa shape index (κ1) is 17.9. The van der Waals surface area contributed by atoms with Crippen LogP contribution >= 0.6 is 31.9 Å². The van der Waals surface area contributed by atoms with E-state index in [1.165, 1.54) is 4.31 Å². The van der Waals surface area contributed by atoms with Gasteiger partial charge in [0, 0.05) is 42.0 Å². The molecule has 0 aliphatic carbocycles. The summed E-state index contributed by atoms with van der Waals surface area (Å²) in [4.78, 5) is 13.8. The van der Waals surface area contributed by atoms with Crippen molar-refractivity contribution < 1.29 is 13.2 Å². The van der Waals surface area contributed by atoms with Crippen LogP contribution in [0.3, 0.4) is 0 Å². The van der Waals surface area contributed by atoms with E-state index in [1.54, 1.807) is 37.2 Å². The van der Waals surface area contributed by atoms with Crippen LogP contribution < -0.4 is 0 Å². The van der Waals surface area contributed by atoms with Gasteiger partial charge in [0.2, 0.25) is 15.9 Å². The first-order valence-corrected chi connectivity index (χ1v) is 9.92. The molecule has 0 unspecified atom stereocenters. The van der Waals surface area contributed by atoms with Crippen LogP contribution in [0.1, 0.15) is 12.8 Å². The summed E-state index contributed by atoms with van der Waals surface area (Å²) < 4.78 is 28.2. The highest BCUT2D eigenvalue weighted by Crippen LogP contribution is 2.30. The fraction of sp³-hybridized carbons (Fsp3) is 0.500. The maximum atomic E-state index is 12.8. The van der Waals surface area contributed by atoms with Gasteiger partial charge in [0.1, 0.15) is 0 Å². The van der Waals surface area contributed by atoms with Gasteiger partial charge in [0.05, 0.1) is 4.90 Å². The monoisotopic (exact) mass is 452 g/mol. The molecule has 2 rings (SSSR count). The van der Waals surface area contributed by atoms with Gasteiger partial charge < -0.3 is 4.90 Å². The van der Waals surface area contributed by atoms with Gasteiger partial charge in [0.15, 0.2) is 0 Å². The first-order chi connectivity index (χ1) is 10.2. The summed E-state index contributed by atoms with van der Waals surface area (Å²) in [6.07, 6.45) is 1.11. The molecule has 22 heavy (non-hydrogen) atoms. The predicted octanol–water partition coefficient (Wildman–Crippen LogP) is 2.70. The SMILES string of the molecule is CN(C)C(=O)C1CCN(S(=O)(=O)c2cc(Br)ccc2Br)CC1. The van der Waals surface area contributed by atoms with Gasteiger partial charge in [-0.1, -0.05) is 15.9 Å². The summed E-state index contributed by atoms with van der Waals surface area (Å²) in [7, 11) is -0.101. The number of hydrogen-bond donors (Lipinski definition) is 0. The zero-order valence-corrected chi connectivity index (χ0v) is 16.4. The van der Waals surface area contributed by atoms with Gasteiger partial charge in [-0.25, -0.2) is 8.42 Å². The Balaban J connectivity index is 2.16. The average molecular weight is 454 g/mol. The minimum absolute atomic E-state index is 0.0701. The van der Waals surface area contributed by atoms with Crippen molar-refractivity contribution in [3.63, 3.8) is 0 Å². The predicted molar refractivity (Wildman–Crippen MR) is 92.0 cm³/mol. The minimum Gasteiger partial charge on any atom is -0.349 e. The zero-order valence-electron chi connectivity index (χ0n) is 12.4. The van der Waals surface area contributed by atoms with Gasteiger partial charge in [-0.15, -0.1) is 0 Å². The van der Waals surface area contributed by atoms with E-state index < -0.39 is 10.0 Å². The summed E-state index contributed by atoms with van der Waals surface area (Å²) in [6, 6.07) is 5.08. The number of carbonyl (C=O) groups is 1. The van der Waals surface area contributed by atoms with Gasteiger partial charge in [-0.3, -0.25) is 4.79 Å². The topological polar surface area (TPSA) is 57.7 Å². The molecule has 0 spiro atoms. The summed E-state index contributed by atoms with van der Waals surface area (Å²) in [5, 5.41) is 0. The average Bonchev–Trinajstić information content (AvgIpc) is 2.48. The van der Waals surface area contributed by atoms with E-state index in [1.807, 2.05) is 0 Å². The number of benzene rings is 1. The van der Waals surface area contributed by atoms with Gasteiger partial charge >= 0.3 is 0 Å². The second kappa shape index (κ2) is 6.98. The van der Waals surface area contributed by atoms with Crippen LogP contribution in [0.2, 0.25) is 0 Å². The molecule has 1 aromatic rings. The Morgan fingerprint density at radius 2 is 1.82 bits per heavy atom. The number of amides is 1. The number of halogens is 2. The summed E-state index contributed by atoms with van der Waals surface area (Å²) in [5.41, 5.74) is 0. The quantitative estimate of drug-likeness (QED) is 0.706. The van der Waals surface area contributed by atoms with Crippen LogP contribution in [-0.2, 0) is 14.8 Å². The van der Waals surface area contributed by atoms with Crippen molar-refractivity contribution >= 4 is 47.8 Å². The van der Waals surface area contributed by atoms with Crippen molar-refractivity contribution in [1.29, 1.82) is 0 Å². The standard InChI is InChI=1S/C14H18Br2N2O3S/c1-17(2)14(19)10-5-7-18(8-6-10)22(20,21)13-9-11(15)3-4-12(13)16/h3-4,9-10H,5-8H2,1-2H3. The lowest BCUT2D eigenvalue weighted by molar-refractivity contribution is -0.134. The lowest BCUT2D eigenvalue weighted by atomic mass is 9.97. The van der Waals surface area contributed by atoms with Crippen LogP contribution in [-0.4, -0.2) is 50.7 Å². The second-order valence-electron chi connectivity index (χ2n) is 5.49. The lowest BCUT2D eigenvalue weighted by Crippen LogP contribution is -2.42. The molecule has 1 aliphatic rings. The van der Waals surface area contributed by atoms with Crippen LogP contribution in [0.15, 0.2) is 32.0 Å². The third kappa shape index (κ3) is 3.72. The number of carbonyl (C=O) groups excluding carboxylic acids is 1. The number of piperidine rings is 1. The molecule has 0 N–H and O–H groups in total. The van der Waals surface area contributed by atoms with E-state index >= 15 is 0 Å². The van der Waals surface area contributed by atoms with Gasteiger partial charge in [-0.05, 0) is 47.0 Å². The smallest absolute Gasteiger partial charge is 0.244 e. The van der Waals surface area contributed by atoms with E-state index in [9.17, 15) is 13.2 Å². The molecule has 8 heteroatoms. The molecular formula is C14H18Br2N2O3S. The molecule has 0 aromatic heterocycles. The lowest BCUT2D eigenvalue weighted by Gasteiger charge is -2.31. The van der Waals surface area contributed by atoms with Gasteiger partial charge in [-0.2, -0.15) is 4.31 Å². The third-order valence-electron chi connectivity index (χ3n) is 3.76. The zero-order chi connectivity index (χ0) is 16.5. The molecule has 1 amide bonds. The number of rotatable bonds is 3. The Bertz CT molecular complexity index is 669. The van der Waals surface area contributed by atoms with Crippen molar-refractivity contribution in [2.24, 2.45) is 5.92 Å².